The molecule has 1 amide bonds. The molecular weight excluding hydrogens is 234 g/mol. The Kier molecular flexibility index (Phi) is 3.36. The lowest BCUT2D eigenvalue weighted by molar-refractivity contribution is 0.0997. The maximum absolute atomic E-state index is 12.1. The summed E-state index contributed by atoms with van der Waals surface area (Å²) in [7, 11) is 0. The number of amides is 1. The van der Waals surface area contributed by atoms with Crippen molar-refractivity contribution >= 4 is 5.91 Å². The molecule has 2 rings (SSSR count). The van der Waals surface area contributed by atoms with Crippen molar-refractivity contribution in [3.05, 3.63) is 32.6 Å². The molecule has 0 spiro atoms. The first-order chi connectivity index (χ1) is 8.50. The van der Waals surface area contributed by atoms with E-state index in [-0.39, 0.29) is 11.6 Å². The number of hydrogen-bond acceptors (Lipinski definition) is 3. The molecule has 98 valence electrons. The number of carbonyl (C=O) groups is 1. The average Bonchev–Trinajstić information content (AvgIpc) is 2.31. The van der Waals surface area contributed by atoms with Crippen molar-refractivity contribution in [2.45, 2.75) is 38.6 Å². The first-order valence-electron chi connectivity index (χ1n) is 6.14. The predicted molar refractivity (Wildman–Crippen MR) is 66.5 cm³/mol. The number of aromatic amines is 1. The SMILES string of the molecule is CC1CCC(n2c(=O)[nH]cc(C(N)=O)c2=O)CC1. The van der Waals surface area contributed by atoms with Gasteiger partial charge < -0.3 is 10.7 Å². The van der Waals surface area contributed by atoms with Gasteiger partial charge in [-0.15, -0.1) is 0 Å². The number of rotatable bonds is 2. The molecule has 1 aromatic heterocycles. The molecule has 0 aliphatic heterocycles. The summed E-state index contributed by atoms with van der Waals surface area (Å²) in [5, 5.41) is 0. The monoisotopic (exact) mass is 251 g/mol. The number of H-pyrrole nitrogens is 1. The number of primary amides is 1. The first-order valence-corrected chi connectivity index (χ1v) is 6.14. The van der Waals surface area contributed by atoms with E-state index in [1.54, 1.807) is 0 Å². The molecule has 0 bridgehead atoms. The molecule has 1 aromatic rings. The van der Waals surface area contributed by atoms with E-state index in [9.17, 15) is 14.4 Å². The minimum Gasteiger partial charge on any atom is -0.365 e. The van der Waals surface area contributed by atoms with Crippen LogP contribution in [0, 0.1) is 5.92 Å². The van der Waals surface area contributed by atoms with Crippen LogP contribution in [0.3, 0.4) is 0 Å². The second-order valence-electron chi connectivity index (χ2n) is 4.96. The van der Waals surface area contributed by atoms with E-state index in [2.05, 4.69) is 11.9 Å². The zero-order chi connectivity index (χ0) is 13.3. The molecule has 18 heavy (non-hydrogen) atoms. The third-order valence-electron chi connectivity index (χ3n) is 3.62. The van der Waals surface area contributed by atoms with Gasteiger partial charge in [0, 0.05) is 12.2 Å². The molecule has 1 fully saturated rings. The van der Waals surface area contributed by atoms with Crippen LogP contribution in [0.2, 0.25) is 0 Å². The molecule has 0 unspecified atom stereocenters. The van der Waals surface area contributed by atoms with E-state index in [1.807, 2.05) is 0 Å². The van der Waals surface area contributed by atoms with Crippen molar-refractivity contribution in [2.24, 2.45) is 11.7 Å². The van der Waals surface area contributed by atoms with E-state index in [1.165, 1.54) is 0 Å². The van der Waals surface area contributed by atoms with Gasteiger partial charge in [-0.05, 0) is 31.6 Å². The number of hydrogen-bond donors (Lipinski definition) is 2. The Morgan fingerprint density at radius 2 is 1.94 bits per heavy atom. The van der Waals surface area contributed by atoms with Crippen LogP contribution in [-0.2, 0) is 0 Å². The van der Waals surface area contributed by atoms with Crippen molar-refractivity contribution in [1.29, 1.82) is 0 Å². The van der Waals surface area contributed by atoms with Crippen LogP contribution < -0.4 is 17.0 Å². The van der Waals surface area contributed by atoms with Gasteiger partial charge in [-0.3, -0.25) is 14.2 Å². The fourth-order valence-electron chi connectivity index (χ4n) is 2.50. The highest BCUT2D eigenvalue weighted by Gasteiger charge is 2.23. The van der Waals surface area contributed by atoms with E-state index in [0.717, 1.165) is 36.4 Å². The molecule has 6 heteroatoms. The van der Waals surface area contributed by atoms with Gasteiger partial charge >= 0.3 is 5.69 Å². The number of nitrogens with one attached hydrogen (secondary N) is 1. The van der Waals surface area contributed by atoms with Gasteiger partial charge in [0.2, 0.25) is 0 Å². The number of aromatic nitrogens is 2. The molecule has 0 aromatic carbocycles. The number of nitrogens with two attached hydrogens (primary N) is 1. The molecule has 6 nitrogen and oxygen atoms in total. The molecule has 1 aliphatic rings. The van der Waals surface area contributed by atoms with E-state index in [4.69, 9.17) is 5.73 Å². The Balaban J connectivity index is 2.44. The third kappa shape index (κ3) is 2.23. The van der Waals surface area contributed by atoms with Crippen molar-refractivity contribution < 1.29 is 4.79 Å². The highest BCUT2D eigenvalue weighted by atomic mass is 16.2. The molecule has 1 aliphatic carbocycles. The van der Waals surface area contributed by atoms with E-state index >= 15 is 0 Å². The zero-order valence-corrected chi connectivity index (χ0v) is 10.3. The maximum Gasteiger partial charge on any atom is 0.328 e. The maximum atomic E-state index is 12.1. The van der Waals surface area contributed by atoms with E-state index in [0.29, 0.717) is 5.92 Å². The Bertz CT molecular complexity index is 565. The van der Waals surface area contributed by atoms with Crippen LogP contribution in [0.25, 0.3) is 0 Å². The summed E-state index contributed by atoms with van der Waals surface area (Å²) < 4.78 is 1.14. The predicted octanol–water partition coefficient (Wildman–Crippen LogP) is 0.387. The van der Waals surface area contributed by atoms with Crippen molar-refractivity contribution in [1.82, 2.24) is 9.55 Å². The second kappa shape index (κ2) is 4.80. The van der Waals surface area contributed by atoms with Crippen LogP contribution in [0.1, 0.15) is 49.0 Å². The summed E-state index contributed by atoms with van der Waals surface area (Å²) in [6.07, 6.45) is 4.63. The van der Waals surface area contributed by atoms with Crippen molar-refractivity contribution in [2.75, 3.05) is 0 Å². The number of nitrogens with zero attached hydrogens (tertiary/aromatic N) is 1. The lowest BCUT2D eigenvalue weighted by atomic mass is 9.87. The van der Waals surface area contributed by atoms with Gasteiger partial charge in [0.1, 0.15) is 5.56 Å². The Labute approximate surface area is 104 Å². The van der Waals surface area contributed by atoms with Gasteiger partial charge in [0.25, 0.3) is 11.5 Å². The lowest BCUT2D eigenvalue weighted by Crippen LogP contribution is -2.42. The molecular formula is C12H17N3O3. The Morgan fingerprint density at radius 1 is 1.33 bits per heavy atom. The molecule has 1 heterocycles. The van der Waals surface area contributed by atoms with Gasteiger partial charge in [-0.25, -0.2) is 4.79 Å². The molecule has 0 saturated heterocycles. The van der Waals surface area contributed by atoms with Crippen LogP contribution in [0.4, 0.5) is 0 Å². The Morgan fingerprint density at radius 3 is 2.50 bits per heavy atom. The van der Waals surface area contributed by atoms with Crippen LogP contribution in [0.5, 0.6) is 0 Å². The first kappa shape index (κ1) is 12.6. The second-order valence-corrected chi connectivity index (χ2v) is 4.96. The largest absolute Gasteiger partial charge is 0.365 e. The summed E-state index contributed by atoms with van der Waals surface area (Å²) in [5.41, 5.74) is 3.91. The normalized spacial score (nSPS) is 23.8. The molecule has 3 N–H and O–H groups in total. The highest BCUT2D eigenvalue weighted by molar-refractivity contribution is 5.91. The van der Waals surface area contributed by atoms with Gasteiger partial charge in [0.05, 0.1) is 0 Å². The summed E-state index contributed by atoms with van der Waals surface area (Å²) in [5.74, 6) is -0.190. The summed E-state index contributed by atoms with van der Waals surface area (Å²) >= 11 is 0. The molecule has 0 atom stereocenters. The quantitative estimate of drug-likeness (QED) is 0.795. The summed E-state index contributed by atoms with van der Waals surface area (Å²) in [6, 6.07) is -0.128. The Hall–Kier alpha value is -1.85. The van der Waals surface area contributed by atoms with Crippen LogP contribution in [-0.4, -0.2) is 15.5 Å². The van der Waals surface area contributed by atoms with Crippen LogP contribution >= 0.6 is 0 Å². The minimum absolute atomic E-state index is 0.128. The van der Waals surface area contributed by atoms with Crippen molar-refractivity contribution in [3.63, 3.8) is 0 Å². The fourth-order valence-corrected chi connectivity index (χ4v) is 2.50. The average molecular weight is 251 g/mol. The van der Waals surface area contributed by atoms with Crippen molar-refractivity contribution in [3.8, 4) is 0 Å². The highest BCUT2D eigenvalue weighted by Crippen LogP contribution is 2.29. The van der Waals surface area contributed by atoms with E-state index < -0.39 is 17.2 Å². The third-order valence-corrected chi connectivity index (χ3v) is 3.62. The van der Waals surface area contributed by atoms with Gasteiger partial charge in [-0.2, -0.15) is 0 Å². The summed E-state index contributed by atoms with van der Waals surface area (Å²) in [4.78, 5) is 37.3. The fraction of sp³-hybridized carbons (Fsp3) is 0.583. The lowest BCUT2D eigenvalue weighted by Gasteiger charge is -2.27. The topological polar surface area (TPSA) is 97.9 Å². The van der Waals surface area contributed by atoms with Gasteiger partial charge in [-0.1, -0.05) is 6.92 Å². The molecule has 1 saturated carbocycles. The standard InChI is InChI=1S/C12H17N3O3/c1-7-2-4-8(5-3-7)15-11(17)9(10(13)16)6-14-12(15)18/h6-8H,2-5H2,1H3,(H2,13,16)(H,14,18). The molecule has 0 radical (unpaired) electrons. The van der Waals surface area contributed by atoms with Gasteiger partial charge in [0.15, 0.2) is 0 Å². The minimum atomic E-state index is -0.811. The zero-order valence-electron chi connectivity index (χ0n) is 10.3. The smallest absolute Gasteiger partial charge is 0.328 e. The summed E-state index contributed by atoms with van der Waals surface area (Å²) in [6.45, 7) is 2.16. The number of carbonyl (C=O) groups excluding carboxylic acids is 1. The van der Waals surface area contributed by atoms with Crippen LogP contribution in [0.15, 0.2) is 15.8 Å².